The van der Waals surface area contributed by atoms with Gasteiger partial charge in [0.1, 0.15) is 0 Å². The number of aromatic nitrogens is 1. The van der Waals surface area contributed by atoms with Crippen LogP contribution in [0.2, 0.25) is 0 Å². The highest BCUT2D eigenvalue weighted by Crippen LogP contribution is 2.22. The number of hydrogen-bond acceptors (Lipinski definition) is 3. The van der Waals surface area contributed by atoms with Crippen LogP contribution in [0.25, 0.3) is 0 Å². The molecule has 1 fully saturated rings. The van der Waals surface area contributed by atoms with E-state index in [0.29, 0.717) is 6.10 Å². The molecule has 3 atom stereocenters. The lowest BCUT2D eigenvalue weighted by atomic mass is 10.0. The molecule has 0 aliphatic carbocycles. The van der Waals surface area contributed by atoms with Gasteiger partial charge < -0.3 is 10.5 Å². The molecule has 3 unspecified atom stereocenters. The zero-order valence-corrected chi connectivity index (χ0v) is 10.7. The molecule has 1 aliphatic heterocycles. The van der Waals surface area contributed by atoms with E-state index in [9.17, 15) is 0 Å². The van der Waals surface area contributed by atoms with Gasteiger partial charge in [-0.3, -0.25) is 4.98 Å². The van der Waals surface area contributed by atoms with Crippen molar-refractivity contribution in [1.29, 1.82) is 0 Å². The summed E-state index contributed by atoms with van der Waals surface area (Å²) >= 11 is 0. The van der Waals surface area contributed by atoms with Crippen molar-refractivity contribution in [3.63, 3.8) is 0 Å². The number of hydrogen-bond donors (Lipinski definition) is 1. The van der Waals surface area contributed by atoms with E-state index in [1.54, 1.807) is 0 Å². The molecule has 1 aromatic heterocycles. The quantitative estimate of drug-likeness (QED) is 0.867. The lowest BCUT2D eigenvalue weighted by Gasteiger charge is -2.19. The lowest BCUT2D eigenvalue weighted by Crippen LogP contribution is -2.36. The van der Waals surface area contributed by atoms with Gasteiger partial charge in [-0.2, -0.15) is 0 Å². The van der Waals surface area contributed by atoms with Gasteiger partial charge in [0.05, 0.1) is 12.2 Å². The van der Waals surface area contributed by atoms with Gasteiger partial charge in [0, 0.05) is 24.4 Å². The van der Waals surface area contributed by atoms with Crippen molar-refractivity contribution < 1.29 is 4.74 Å². The van der Waals surface area contributed by atoms with Crippen LogP contribution in [-0.4, -0.2) is 23.2 Å². The summed E-state index contributed by atoms with van der Waals surface area (Å²) in [5.74, 6) is 0. The van der Waals surface area contributed by atoms with Crippen LogP contribution in [0.4, 0.5) is 0 Å². The summed E-state index contributed by atoms with van der Waals surface area (Å²) in [6.45, 7) is 4.25. The van der Waals surface area contributed by atoms with Gasteiger partial charge in [0.15, 0.2) is 0 Å². The molecule has 1 saturated heterocycles. The fraction of sp³-hybridized carbons (Fsp3) is 0.643. The zero-order chi connectivity index (χ0) is 12.3. The Labute approximate surface area is 103 Å². The average Bonchev–Trinajstić information content (AvgIpc) is 2.77. The number of aryl methyl sites for hydroxylation is 1. The molecule has 0 saturated carbocycles. The topological polar surface area (TPSA) is 48.1 Å². The van der Waals surface area contributed by atoms with E-state index in [-0.39, 0.29) is 12.1 Å². The maximum atomic E-state index is 6.18. The minimum Gasteiger partial charge on any atom is -0.374 e. The van der Waals surface area contributed by atoms with E-state index in [0.717, 1.165) is 31.4 Å². The maximum absolute atomic E-state index is 6.18. The summed E-state index contributed by atoms with van der Waals surface area (Å²) in [4.78, 5) is 4.44. The van der Waals surface area contributed by atoms with Crippen molar-refractivity contribution >= 4 is 0 Å². The van der Waals surface area contributed by atoms with E-state index in [1.807, 2.05) is 6.20 Å². The van der Waals surface area contributed by atoms with E-state index in [4.69, 9.17) is 10.5 Å². The fourth-order valence-corrected chi connectivity index (χ4v) is 2.31. The summed E-state index contributed by atoms with van der Waals surface area (Å²) < 4.78 is 5.79. The standard InChI is InChI=1S/C14H22N2O/c1-3-11-5-6-12(16-9-11)8-13(15)14-7-4-10(2)17-14/h5-6,9-10,13-14H,3-4,7-8,15H2,1-2H3. The molecule has 0 amide bonds. The Hall–Kier alpha value is -0.930. The Morgan fingerprint density at radius 2 is 2.29 bits per heavy atom. The molecule has 2 N–H and O–H groups in total. The molecule has 1 aromatic rings. The minimum atomic E-state index is 0.0694. The second kappa shape index (κ2) is 5.61. The van der Waals surface area contributed by atoms with Gasteiger partial charge in [0.2, 0.25) is 0 Å². The monoisotopic (exact) mass is 234 g/mol. The maximum Gasteiger partial charge on any atom is 0.0734 e. The Morgan fingerprint density at radius 3 is 2.82 bits per heavy atom. The molecular formula is C14H22N2O. The van der Waals surface area contributed by atoms with Gasteiger partial charge in [-0.15, -0.1) is 0 Å². The molecule has 1 aliphatic rings. The molecule has 0 spiro atoms. The summed E-state index contributed by atoms with van der Waals surface area (Å²) in [6, 6.07) is 4.28. The Kier molecular flexibility index (Phi) is 4.13. The first-order chi connectivity index (χ1) is 8.19. The predicted octanol–water partition coefficient (Wildman–Crippen LogP) is 2.08. The lowest BCUT2D eigenvalue weighted by molar-refractivity contribution is 0.0403. The van der Waals surface area contributed by atoms with Gasteiger partial charge in [-0.25, -0.2) is 0 Å². The normalized spacial score (nSPS) is 26.1. The van der Waals surface area contributed by atoms with Crippen LogP contribution in [0.15, 0.2) is 18.3 Å². The third kappa shape index (κ3) is 3.27. The molecular weight excluding hydrogens is 212 g/mol. The van der Waals surface area contributed by atoms with Crippen molar-refractivity contribution in [2.24, 2.45) is 5.73 Å². The molecule has 2 rings (SSSR count). The summed E-state index contributed by atoms with van der Waals surface area (Å²) in [6.07, 6.45) is 6.55. The highest BCUT2D eigenvalue weighted by Gasteiger charge is 2.27. The molecule has 3 nitrogen and oxygen atoms in total. The van der Waals surface area contributed by atoms with Crippen LogP contribution in [0.5, 0.6) is 0 Å². The minimum absolute atomic E-state index is 0.0694. The molecule has 94 valence electrons. The molecule has 0 aromatic carbocycles. The van der Waals surface area contributed by atoms with Crippen molar-refractivity contribution in [3.05, 3.63) is 29.6 Å². The molecule has 2 heterocycles. The van der Waals surface area contributed by atoms with E-state index in [2.05, 4.69) is 31.0 Å². The number of ether oxygens (including phenoxy) is 1. The van der Waals surface area contributed by atoms with Crippen LogP contribution in [0.1, 0.15) is 37.9 Å². The summed E-state index contributed by atoms with van der Waals surface area (Å²) in [7, 11) is 0. The third-order valence-electron chi connectivity index (χ3n) is 3.48. The Bertz CT molecular complexity index is 350. The second-order valence-corrected chi connectivity index (χ2v) is 4.94. The predicted molar refractivity (Wildman–Crippen MR) is 68.9 cm³/mol. The molecule has 0 bridgehead atoms. The molecule has 17 heavy (non-hydrogen) atoms. The fourth-order valence-electron chi connectivity index (χ4n) is 2.31. The first kappa shape index (κ1) is 12.5. The van der Waals surface area contributed by atoms with Crippen molar-refractivity contribution in [1.82, 2.24) is 4.98 Å². The van der Waals surface area contributed by atoms with Crippen LogP contribution >= 0.6 is 0 Å². The van der Waals surface area contributed by atoms with E-state index >= 15 is 0 Å². The highest BCUT2D eigenvalue weighted by molar-refractivity contribution is 5.14. The Balaban J connectivity index is 1.91. The third-order valence-corrected chi connectivity index (χ3v) is 3.48. The Morgan fingerprint density at radius 1 is 1.47 bits per heavy atom. The van der Waals surface area contributed by atoms with Gasteiger partial charge in [-0.1, -0.05) is 13.0 Å². The van der Waals surface area contributed by atoms with E-state index in [1.165, 1.54) is 5.56 Å². The van der Waals surface area contributed by atoms with Crippen molar-refractivity contribution in [2.45, 2.75) is 57.8 Å². The van der Waals surface area contributed by atoms with E-state index < -0.39 is 0 Å². The van der Waals surface area contributed by atoms with Crippen LogP contribution in [0.3, 0.4) is 0 Å². The first-order valence-electron chi connectivity index (χ1n) is 6.54. The van der Waals surface area contributed by atoms with Gasteiger partial charge >= 0.3 is 0 Å². The average molecular weight is 234 g/mol. The van der Waals surface area contributed by atoms with Crippen molar-refractivity contribution in [2.75, 3.05) is 0 Å². The van der Waals surface area contributed by atoms with Crippen LogP contribution in [0, 0.1) is 0 Å². The summed E-state index contributed by atoms with van der Waals surface area (Å²) in [5, 5.41) is 0. The second-order valence-electron chi connectivity index (χ2n) is 4.94. The SMILES string of the molecule is CCc1ccc(CC(N)C2CCC(C)O2)nc1. The zero-order valence-electron chi connectivity index (χ0n) is 10.7. The highest BCUT2D eigenvalue weighted by atomic mass is 16.5. The number of nitrogens with two attached hydrogens (primary N) is 1. The van der Waals surface area contributed by atoms with Gasteiger partial charge in [0.25, 0.3) is 0 Å². The largest absolute Gasteiger partial charge is 0.374 e. The van der Waals surface area contributed by atoms with Crippen LogP contribution in [-0.2, 0) is 17.6 Å². The smallest absolute Gasteiger partial charge is 0.0734 e. The first-order valence-corrected chi connectivity index (χ1v) is 6.54. The molecule has 0 radical (unpaired) electrons. The van der Waals surface area contributed by atoms with Crippen LogP contribution < -0.4 is 5.73 Å². The number of nitrogens with zero attached hydrogens (tertiary/aromatic N) is 1. The van der Waals surface area contributed by atoms with Gasteiger partial charge in [-0.05, 0) is 37.8 Å². The molecule has 3 heteroatoms. The summed E-state index contributed by atoms with van der Waals surface area (Å²) in [5.41, 5.74) is 8.52. The van der Waals surface area contributed by atoms with Crippen molar-refractivity contribution in [3.8, 4) is 0 Å². The number of rotatable bonds is 4. The number of pyridine rings is 1.